The quantitative estimate of drug-likeness (QED) is 0.655. The fourth-order valence-corrected chi connectivity index (χ4v) is 3.86. The van der Waals surface area contributed by atoms with Crippen LogP contribution in [0.5, 0.6) is 0 Å². The first kappa shape index (κ1) is 13.7. The van der Waals surface area contributed by atoms with Crippen molar-refractivity contribution in [2.45, 2.75) is 17.7 Å². The van der Waals surface area contributed by atoms with Crippen LogP contribution in [0.15, 0.2) is 9.85 Å². The Morgan fingerprint density at radius 2 is 2.50 bits per heavy atom. The molecule has 0 aliphatic rings. The highest BCUT2D eigenvalue weighted by molar-refractivity contribution is 8.01. The van der Waals surface area contributed by atoms with E-state index in [1.165, 1.54) is 34.4 Å². The van der Waals surface area contributed by atoms with Gasteiger partial charge in [0.1, 0.15) is 5.00 Å². The Kier molecular flexibility index (Phi) is 4.87. The molecule has 9 heteroatoms. The van der Waals surface area contributed by atoms with Gasteiger partial charge in [-0.05, 0) is 18.6 Å². The highest BCUT2D eigenvalue weighted by Crippen LogP contribution is 2.23. The number of aromatic amines is 1. The molecule has 0 saturated carbocycles. The van der Waals surface area contributed by atoms with Crippen LogP contribution in [0, 0.1) is 3.95 Å². The number of thioether (sulfide) groups is 1. The minimum absolute atomic E-state index is 0.0555. The number of rotatable bonds is 5. The number of nitrogens with one attached hydrogen (secondary N) is 2. The Balaban J connectivity index is 1.87. The molecule has 2 aromatic heterocycles. The summed E-state index contributed by atoms with van der Waals surface area (Å²) in [7, 11) is 0. The Morgan fingerprint density at radius 3 is 3.17 bits per heavy atom. The minimum atomic E-state index is -0.0555. The van der Waals surface area contributed by atoms with Gasteiger partial charge in [-0.25, -0.2) is 4.98 Å². The SMILES string of the molecule is CCc1ncsc1NC(=O)CSc1n[nH]c(=S)s1. The number of thiazole rings is 1. The van der Waals surface area contributed by atoms with E-state index in [1.807, 2.05) is 6.92 Å². The molecule has 0 unspecified atom stereocenters. The second kappa shape index (κ2) is 6.41. The monoisotopic (exact) mass is 318 g/mol. The molecule has 18 heavy (non-hydrogen) atoms. The van der Waals surface area contributed by atoms with Crippen molar-refractivity contribution in [1.29, 1.82) is 0 Å². The molecule has 0 bridgehead atoms. The van der Waals surface area contributed by atoms with Crippen LogP contribution in [0.4, 0.5) is 5.00 Å². The predicted molar refractivity (Wildman–Crippen MR) is 78.1 cm³/mol. The molecule has 0 atom stereocenters. The fraction of sp³-hybridized carbons (Fsp3) is 0.333. The van der Waals surface area contributed by atoms with E-state index < -0.39 is 0 Å². The number of anilines is 1. The summed E-state index contributed by atoms with van der Waals surface area (Å²) in [5.74, 6) is 0.261. The maximum atomic E-state index is 11.7. The molecule has 5 nitrogen and oxygen atoms in total. The standard InChI is InChI=1S/C9H10N4OS4/c1-2-5-7(17-4-10-5)11-6(14)3-16-9-13-12-8(15)18-9/h4H,2-3H2,1H3,(H,11,14)(H,12,15). The highest BCUT2D eigenvalue weighted by Gasteiger charge is 2.10. The van der Waals surface area contributed by atoms with Gasteiger partial charge in [0.2, 0.25) is 5.91 Å². The molecule has 96 valence electrons. The van der Waals surface area contributed by atoms with Crippen molar-refractivity contribution in [1.82, 2.24) is 15.2 Å². The van der Waals surface area contributed by atoms with E-state index in [0.717, 1.165) is 21.5 Å². The molecule has 0 radical (unpaired) electrons. The summed E-state index contributed by atoms with van der Waals surface area (Å²) in [5.41, 5.74) is 2.66. The predicted octanol–water partition coefficient (Wildman–Crippen LogP) is 2.95. The smallest absolute Gasteiger partial charge is 0.235 e. The van der Waals surface area contributed by atoms with Crippen LogP contribution < -0.4 is 5.32 Å². The second-order valence-corrected chi connectivity index (χ2v) is 6.94. The number of aryl methyl sites for hydroxylation is 1. The molecule has 1 amide bonds. The molecule has 0 aliphatic heterocycles. The zero-order valence-electron chi connectivity index (χ0n) is 9.43. The van der Waals surface area contributed by atoms with Crippen LogP contribution in [-0.2, 0) is 11.2 Å². The number of carbonyl (C=O) groups excluding carboxylic acids is 1. The van der Waals surface area contributed by atoms with Crippen molar-refractivity contribution in [3.05, 3.63) is 15.2 Å². The van der Waals surface area contributed by atoms with Crippen LogP contribution in [0.2, 0.25) is 0 Å². The Hall–Kier alpha value is -0.770. The van der Waals surface area contributed by atoms with E-state index >= 15 is 0 Å². The van der Waals surface area contributed by atoms with Crippen LogP contribution in [-0.4, -0.2) is 26.8 Å². The topological polar surface area (TPSA) is 70.7 Å². The molecule has 0 aliphatic carbocycles. The molecule has 2 N–H and O–H groups in total. The van der Waals surface area contributed by atoms with Gasteiger partial charge in [-0.3, -0.25) is 9.89 Å². The number of hydrogen-bond donors (Lipinski definition) is 2. The first-order valence-electron chi connectivity index (χ1n) is 5.09. The average Bonchev–Trinajstić information content (AvgIpc) is 2.95. The van der Waals surface area contributed by atoms with E-state index in [-0.39, 0.29) is 5.91 Å². The van der Waals surface area contributed by atoms with E-state index in [9.17, 15) is 4.79 Å². The van der Waals surface area contributed by atoms with Gasteiger partial charge in [-0.2, -0.15) is 5.10 Å². The van der Waals surface area contributed by atoms with Crippen LogP contribution in [0.3, 0.4) is 0 Å². The summed E-state index contributed by atoms with van der Waals surface area (Å²) < 4.78 is 1.39. The Morgan fingerprint density at radius 1 is 1.67 bits per heavy atom. The van der Waals surface area contributed by atoms with Gasteiger partial charge in [-0.15, -0.1) is 11.3 Å². The molecular weight excluding hydrogens is 308 g/mol. The van der Waals surface area contributed by atoms with Gasteiger partial charge in [-0.1, -0.05) is 30.0 Å². The van der Waals surface area contributed by atoms with Crippen molar-refractivity contribution in [2.24, 2.45) is 0 Å². The first-order chi connectivity index (χ1) is 8.69. The molecule has 0 fully saturated rings. The van der Waals surface area contributed by atoms with Crippen molar-refractivity contribution in [3.63, 3.8) is 0 Å². The van der Waals surface area contributed by atoms with Crippen molar-refractivity contribution in [3.8, 4) is 0 Å². The van der Waals surface area contributed by atoms with E-state index in [0.29, 0.717) is 9.71 Å². The summed E-state index contributed by atoms with van der Waals surface area (Å²) in [6.45, 7) is 2.01. The van der Waals surface area contributed by atoms with Gasteiger partial charge < -0.3 is 5.32 Å². The zero-order valence-corrected chi connectivity index (χ0v) is 12.7. The molecule has 0 saturated heterocycles. The van der Waals surface area contributed by atoms with Crippen LogP contribution in [0.1, 0.15) is 12.6 Å². The third kappa shape index (κ3) is 3.61. The van der Waals surface area contributed by atoms with Crippen LogP contribution in [0.25, 0.3) is 0 Å². The number of nitrogens with zero attached hydrogens (tertiary/aromatic N) is 2. The van der Waals surface area contributed by atoms with E-state index in [1.54, 1.807) is 5.51 Å². The molecule has 2 rings (SSSR count). The maximum absolute atomic E-state index is 11.7. The van der Waals surface area contributed by atoms with Gasteiger partial charge in [0.05, 0.1) is 17.0 Å². The van der Waals surface area contributed by atoms with Gasteiger partial charge in [0.15, 0.2) is 8.29 Å². The minimum Gasteiger partial charge on any atom is -0.315 e. The van der Waals surface area contributed by atoms with Crippen molar-refractivity contribution >= 4 is 57.6 Å². The summed E-state index contributed by atoms with van der Waals surface area (Å²) in [6.07, 6.45) is 0.813. The van der Waals surface area contributed by atoms with E-state index in [2.05, 4.69) is 20.5 Å². The summed E-state index contributed by atoms with van der Waals surface area (Å²) in [6, 6.07) is 0. The largest absolute Gasteiger partial charge is 0.315 e. The lowest BCUT2D eigenvalue weighted by molar-refractivity contribution is -0.113. The molecule has 0 spiro atoms. The van der Waals surface area contributed by atoms with Crippen molar-refractivity contribution < 1.29 is 4.79 Å². The zero-order chi connectivity index (χ0) is 13.0. The number of hydrogen-bond acceptors (Lipinski definition) is 7. The van der Waals surface area contributed by atoms with Gasteiger partial charge in [0, 0.05) is 0 Å². The number of aromatic nitrogens is 3. The number of amides is 1. The lowest BCUT2D eigenvalue weighted by Crippen LogP contribution is -2.14. The molecule has 2 aromatic rings. The van der Waals surface area contributed by atoms with E-state index in [4.69, 9.17) is 12.2 Å². The van der Waals surface area contributed by atoms with Gasteiger partial charge >= 0.3 is 0 Å². The number of carbonyl (C=O) groups is 1. The average molecular weight is 318 g/mol. The normalized spacial score (nSPS) is 10.5. The van der Waals surface area contributed by atoms with Crippen molar-refractivity contribution in [2.75, 3.05) is 11.1 Å². The highest BCUT2D eigenvalue weighted by atomic mass is 32.2. The van der Waals surface area contributed by atoms with Crippen LogP contribution >= 0.6 is 46.7 Å². The molecule has 2 heterocycles. The maximum Gasteiger partial charge on any atom is 0.235 e. The fourth-order valence-electron chi connectivity index (χ4n) is 1.19. The summed E-state index contributed by atoms with van der Waals surface area (Å²) in [5, 5.41) is 10.3. The third-order valence-electron chi connectivity index (χ3n) is 1.97. The molecular formula is C9H10N4OS4. The molecule has 0 aromatic carbocycles. The summed E-state index contributed by atoms with van der Waals surface area (Å²) >= 11 is 9.09. The lowest BCUT2D eigenvalue weighted by Gasteiger charge is -2.02. The third-order valence-corrected chi connectivity index (χ3v) is 4.99. The lowest BCUT2D eigenvalue weighted by atomic mass is 10.3. The first-order valence-corrected chi connectivity index (χ1v) is 8.18. The number of H-pyrrole nitrogens is 1. The Labute approximate surface area is 121 Å². The second-order valence-electron chi connectivity index (χ2n) is 3.20. The Bertz CT molecular complexity index is 587. The summed E-state index contributed by atoms with van der Waals surface area (Å²) in [4.78, 5) is 15.9. The van der Waals surface area contributed by atoms with Gasteiger partial charge in [0.25, 0.3) is 0 Å².